The predicted molar refractivity (Wildman–Crippen MR) is 60.1 cm³/mol. The molecule has 0 aliphatic rings. The summed E-state index contributed by atoms with van der Waals surface area (Å²) < 4.78 is 36.1. The van der Waals surface area contributed by atoms with Crippen molar-refractivity contribution in [1.82, 2.24) is 10.6 Å². The molecule has 0 saturated carbocycles. The van der Waals surface area contributed by atoms with E-state index in [0.29, 0.717) is 0 Å². The zero-order valence-electron chi connectivity index (χ0n) is 10.5. The Labute approximate surface area is 112 Å². The Kier molecular flexibility index (Phi) is 6.80. The first-order valence-corrected chi connectivity index (χ1v) is 5.59. The predicted octanol–water partition coefficient (Wildman–Crippen LogP) is 0.944. The first-order chi connectivity index (χ1) is 9.01. The maximum Gasteiger partial charge on any atom is 0.391 e. The molecule has 0 aliphatic carbocycles. The average Bonchev–Trinajstić information content (AvgIpc) is 2.20. The molecule has 0 bridgehead atoms. The van der Waals surface area contributed by atoms with Crippen molar-refractivity contribution in [2.24, 2.45) is 0 Å². The molecule has 0 aromatic carbocycles. The van der Waals surface area contributed by atoms with E-state index in [1.54, 1.807) is 0 Å². The summed E-state index contributed by atoms with van der Waals surface area (Å²) in [5.41, 5.74) is 0. The van der Waals surface area contributed by atoms with Crippen LogP contribution >= 0.6 is 0 Å². The number of hydrogen-bond acceptors (Lipinski definition) is 3. The van der Waals surface area contributed by atoms with Crippen LogP contribution in [0.1, 0.15) is 26.2 Å². The number of carbonyl (C=O) groups excluding carboxylic acids is 1. The third kappa shape index (κ3) is 9.00. The molecular weight excluding hydrogens is 285 g/mol. The van der Waals surface area contributed by atoms with Crippen LogP contribution in [0.4, 0.5) is 18.0 Å². The molecule has 1 unspecified atom stereocenters. The molecule has 7 nitrogen and oxygen atoms in total. The Hall–Kier alpha value is -2.00. The molecule has 2 atom stereocenters. The molecule has 4 N–H and O–H groups in total. The molecular formula is C10H15F3N2O5. The summed E-state index contributed by atoms with van der Waals surface area (Å²) in [6.07, 6.45) is -6.57. The van der Waals surface area contributed by atoms with E-state index in [1.807, 2.05) is 10.6 Å². The SMILES string of the molecule is CC(CC(F)(F)F)NC(=O)N[C@@H](CCC(=O)O)C(=O)O. The molecule has 0 rings (SSSR count). The quantitative estimate of drug-likeness (QED) is 0.558. The number of amides is 2. The van der Waals surface area contributed by atoms with Gasteiger partial charge in [-0.05, 0) is 13.3 Å². The third-order valence-corrected chi connectivity index (χ3v) is 2.17. The van der Waals surface area contributed by atoms with Crippen molar-refractivity contribution in [3.8, 4) is 0 Å². The highest BCUT2D eigenvalue weighted by molar-refractivity contribution is 5.83. The van der Waals surface area contributed by atoms with Gasteiger partial charge in [0.05, 0.1) is 6.42 Å². The van der Waals surface area contributed by atoms with Crippen LogP contribution in [0.2, 0.25) is 0 Å². The number of halogens is 3. The summed E-state index contributed by atoms with van der Waals surface area (Å²) in [6.45, 7) is 1.11. The summed E-state index contributed by atoms with van der Waals surface area (Å²) in [7, 11) is 0. The highest BCUT2D eigenvalue weighted by Crippen LogP contribution is 2.21. The van der Waals surface area contributed by atoms with E-state index < -0.39 is 49.1 Å². The van der Waals surface area contributed by atoms with Crippen molar-refractivity contribution < 1.29 is 37.8 Å². The van der Waals surface area contributed by atoms with Crippen molar-refractivity contribution in [1.29, 1.82) is 0 Å². The lowest BCUT2D eigenvalue weighted by atomic mass is 10.1. The maximum absolute atomic E-state index is 12.0. The van der Waals surface area contributed by atoms with E-state index in [1.165, 1.54) is 0 Å². The normalized spacial score (nSPS) is 14.2. The number of carboxylic acid groups (broad SMARTS) is 2. The molecule has 0 fully saturated rings. The van der Waals surface area contributed by atoms with Crippen molar-refractivity contribution in [3.63, 3.8) is 0 Å². The van der Waals surface area contributed by atoms with Gasteiger partial charge in [-0.3, -0.25) is 4.79 Å². The minimum absolute atomic E-state index is 0.369. The zero-order valence-corrected chi connectivity index (χ0v) is 10.5. The van der Waals surface area contributed by atoms with Crippen LogP contribution < -0.4 is 10.6 Å². The van der Waals surface area contributed by atoms with Crippen LogP contribution in [0.3, 0.4) is 0 Å². The first-order valence-electron chi connectivity index (χ1n) is 5.59. The minimum atomic E-state index is -4.46. The Bertz CT molecular complexity index is 372. The second kappa shape index (κ2) is 7.56. The average molecular weight is 300 g/mol. The van der Waals surface area contributed by atoms with Crippen LogP contribution in [0.5, 0.6) is 0 Å². The van der Waals surface area contributed by atoms with Crippen LogP contribution in [0, 0.1) is 0 Å². The molecule has 10 heteroatoms. The Morgan fingerprint density at radius 2 is 1.70 bits per heavy atom. The highest BCUT2D eigenvalue weighted by atomic mass is 19.4. The number of rotatable bonds is 7. The summed E-state index contributed by atoms with van der Waals surface area (Å²) in [5.74, 6) is -2.71. The van der Waals surface area contributed by atoms with Crippen LogP contribution in [0.25, 0.3) is 0 Å². The lowest BCUT2D eigenvalue weighted by Gasteiger charge is -2.18. The second-order valence-electron chi connectivity index (χ2n) is 4.16. The lowest BCUT2D eigenvalue weighted by Crippen LogP contribution is -2.49. The van der Waals surface area contributed by atoms with Crippen molar-refractivity contribution in [2.75, 3.05) is 0 Å². The van der Waals surface area contributed by atoms with Crippen LogP contribution in [-0.4, -0.2) is 46.4 Å². The zero-order chi connectivity index (χ0) is 15.9. The van der Waals surface area contributed by atoms with Gasteiger partial charge in [-0.15, -0.1) is 0 Å². The maximum atomic E-state index is 12.0. The van der Waals surface area contributed by atoms with Gasteiger partial charge < -0.3 is 20.8 Å². The molecule has 0 aromatic heterocycles. The topological polar surface area (TPSA) is 116 Å². The van der Waals surface area contributed by atoms with Gasteiger partial charge in [-0.25, -0.2) is 9.59 Å². The van der Waals surface area contributed by atoms with Gasteiger partial charge in [-0.1, -0.05) is 0 Å². The number of aliphatic carboxylic acids is 2. The molecule has 0 saturated heterocycles. The molecule has 0 heterocycles. The fraction of sp³-hybridized carbons (Fsp3) is 0.700. The fourth-order valence-electron chi connectivity index (χ4n) is 1.35. The third-order valence-electron chi connectivity index (χ3n) is 2.17. The first kappa shape index (κ1) is 18.0. The number of hydrogen-bond donors (Lipinski definition) is 4. The lowest BCUT2D eigenvalue weighted by molar-refractivity contribution is -0.141. The van der Waals surface area contributed by atoms with E-state index in [4.69, 9.17) is 10.2 Å². The molecule has 0 radical (unpaired) electrons. The molecule has 20 heavy (non-hydrogen) atoms. The highest BCUT2D eigenvalue weighted by Gasteiger charge is 2.31. The van der Waals surface area contributed by atoms with E-state index in [-0.39, 0.29) is 6.42 Å². The molecule has 116 valence electrons. The van der Waals surface area contributed by atoms with E-state index >= 15 is 0 Å². The van der Waals surface area contributed by atoms with E-state index in [9.17, 15) is 27.6 Å². The number of urea groups is 1. The van der Waals surface area contributed by atoms with Crippen LogP contribution in [0.15, 0.2) is 0 Å². The molecule has 0 spiro atoms. The molecule has 0 aromatic rings. The summed E-state index contributed by atoms with van der Waals surface area (Å²) in [5, 5.41) is 21.0. The van der Waals surface area contributed by atoms with Gasteiger partial charge in [0.2, 0.25) is 0 Å². The monoisotopic (exact) mass is 300 g/mol. The van der Waals surface area contributed by atoms with Gasteiger partial charge in [0, 0.05) is 12.5 Å². The molecule has 2 amide bonds. The van der Waals surface area contributed by atoms with Gasteiger partial charge in [0.1, 0.15) is 6.04 Å². The summed E-state index contributed by atoms with van der Waals surface area (Å²) >= 11 is 0. The van der Waals surface area contributed by atoms with Gasteiger partial charge in [0.25, 0.3) is 0 Å². The second-order valence-corrected chi connectivity index (χ2v) is 4.16. The van der Waals surface area contributed by atoms with Crippen LogP contribution in [-0.2, 0) is 9.59 Å². The Morgan fingerprint density at radius 1 is 1.15 bits per heavy atom. The van der Waals surface area contributed by atoms with E-state index in [0.717, 1.165) is 6.92 Å². The number of carbonyl (C=O) groups is 3. The Morgan fingerprint density at radius 3 is 2.10 bits per heavy atom. The summed E-state index contributed by atoms with van der Waals surface area (Å²) in [4.78, 5) is 32.3. The van der Waals surface area contributed by atoms with Crippen molar-refractivity contribution >= 4 is 18.0 Å². The largest absolute Gasteiger partial charge is 0.481 e. The smallest absolute Gasteiger partial charge is 0.391 e. The standard InChI is InChI=1S/C10H15F3N2O5/c1-5(4-10(11,12)13)14-9(20)15-6(8(18)19)2-3-7(16)17/h5-6H,2-4H2,1H3,(H,16,17)(H,18,19)(H2,14,15,20)/t5?,6-/m0/s1. The minimum Gasteiger partial charge on any atom is -0.481 e. The van der Waals surface area contributed by atoms with E-state index in [2.05, 4.69) is 0 Å². The van der Waals surface area contributed by atoms with Crippen molar-refractivity contribution in [3.05, 3.63) is 0 Å². The number of nitrogens with one attached hydrogen (secondary N) is 2. The summed E-state index contributed by atoms with van der Waals surface area (Å²) in [6, 6.07) is -3.81. The molecule has 0 aliphatic heterocycles. The number of carboxylic acids is 2. The Balaban J connectivity index is 4.32. The van der Waals surface area contributed by atoms with Crippen molar-refractivity contribution in [2.45, 2.75) is 44.4 Å². The van der Waals surface area contributed by atoms with Gasteiger partial charge >= 0.3 is 24.1 Å². The van der Waals surface area contributed by atoms with Gasteiger partial charge in [0.15, 0.2) is 0 Å². The fourth-order valence-corrected chi connectivity index (χ4v) is 1.35. The van der Waals surface area contributed by atoms with Gasteiger partial charge in [-0.2, -0.15) is 13.2 Å². The number of alkyl halides is 3.